The fraction of sp³-hybridized carbons (Fsp3) is 0.600. The van der Waals surface area contributed by atoms with Crippen LogP contribution >= 0.6 is 15.9 Å². The van der Waals surface area contributed by atoms with E-state index in [1.807, 2.05) is 0 Å². The topological polar surface area (TPSA) is 38.2 Å². The van der Waals surface area contributed by atoms with Crippen molar-refractivity contribution in [2.75, 3.05) is 25.1 Å². The second kappa shape index (κ2) is 6.21. The molecule has 0 aliphatic rings. The van der Waals surface area contributed by atoms with E-state index in [2.05, 4.69) is 25.9 Å². The highest BCUT2D eigenvalue weighted by Crippen LogP contribution is 2.25. The molecule has 0 aliphatic carbocycles. The molecule has 0 radical (unpaired) electrons. The Morgan fingerprint density at radius 2 is 2.11 bits per heavy atom. The molecule has 0 aliphatic heterocycles. The van der Waals surface area contributed by atoms with Crippen LogP contribution in [0.5, 0.6) is 5.88 Å². The first-order valence-corrected chi connectivity index (χ1v) is 6.05. The molecule has 4 nitrogen and oxygen atoms in total. The van der Waals surface area contributed by atoms with Gasteiger partial charge in [0.25, 0.3) is 0 Å². The summed E-state index contributed by atoms with van der Waals surface area (Å²) >= 11 is 3.15. The summed E-state index contributed by atoms with van der Waals surface area (Å²) < 4.78 is 42.8. The number of nitrogens with zero attached hydrogens (tertiary/aromatic N) is 3. The number of hydrogen-bond donors (Lipinski definition) is 0. The average Bonchev–Trinajstić information content (AvgIpc) is 2.27. The first kappa shape index (κ1) is 15.0. The van der Waals surface area contributed by atoms with Crippen molar-refractivity contribution in [1.82, 2.24) is 9.97 Å². The number of aromatic nitrogens is 2. The average molecular weight is 328 g/mol. The fourth-order valence-electron chi connectivity index (χ4n) is 1.37. The van der Waals surface area contributed by atoms with Crippen LogP contribution in [0.4, 0.5) is 19.1 Å². The van der Waals surface area contributed by atoms with Gasteiger partial charge in [-0.1, -0.05) is 6.92 Å². The second-order valence-electron chi connectivity index (χ2n) is 3.56. The van der Waals surface area contributed by atoms with Gasteiger partial charge in [0.1, 0.15) is 6.54 Å². The fourth-order valence-corrected chi connectivity index (χ4v) is 1.73. The van der Waals surface area contributed by atoms with Crippen molar-refractivity contribution in [3.8, 4) is 5.88 Å². The number of methoxy groups -OCH3 is 1. The summed E-state index contributed by atoms with van der Waals surface area (Å²) in [6, 6.07) is 0. The Kier molecular flexibility index (Phi) is 5.18. The van der Waals surface area contributed by atoms with Gasteiger partial charge in [-0.2, -0.15) is 18.2 Å². The summed E-state index contributed by atoms with van der Waals surface area (Å²) in [5.41, 5.74) is 0. The number of anilines is 1. The van der Waals surface area contributed by atoms with Crippen LogP contribution in [-0.4, -0.2) is 36.3 Å². The number of alkyl halides is 3. The molecule has 0 atom stereocenters. The zero-order valence-electron chi connectivity index (χ0n) is 9.96. The van der Waals surface area contributed by atoms with Gasteiger partial charge in [-0.15, -0.1) is 0 Å². The van der Waals surface area contributed by atoms with E-state index in [0.29, 0.717) is 10.9 Å². The van der Waals surface area contributed by atoms with E-state index in [-0.39, 0.29) is 18.4 Å². The first-order chi connectivity index (χ1) is 8.37. The normalized spacial score (nSPS) is 11.4. The molecule has 1 aromatic rings. The van der Waals surface area contributed by atoms with E-state index in [4.69, 9.17) is 4.74 Å². The Bertz CT molecular complexity index is 400. The van der Waals surface area contributed by atoms with Crippen LogP contribution in [0.2, 0.25) is 0 Å². The lowest BCUT2D eigenvalue weighted by molar-refractivity contribution is -0.119. The summed E-state index contributed by atoms with van der Waals surface area (Å²) in [7, 11) is 1.39. The standard InChI is InChI=1S/C10H13BrF3N3O/c1-3-4-17(6-10(12,13)14)9-15-5-7(11)8(16-9)18-2/h5H,3-4,6H2,1-2H3. The van der Waals surface area contributed by atoms with Gasteiger partial charge in [0, 0.05) is 6.54 Å². The molecule has 0 saturated heterocycles. The van der Waals surface area contributed by atoms with Gasteiger partial charge < -0.3 is 9.64 Å². The minimum atomic E-state index is -4.29. The molecule has 0 saturated carbocycles. The monoisotopic (exact) mass is 327 g/mol. The van der Waals surface area contributed by atoms with E-state index in [1.54, 1.807) is 6.92 Å². The van der Waals surface area contributed by atoms with Crippen LogP contribution in [0.25, 0.3) is 0 Å². The van der Waals surface area contributed by atoms with E-state index in [1.165, 1.54) is 13.3 Å². The van der Waals surface area contributed by atoms with E-state index >= 15 is 0 Å². The highest BCUT2D eigenvalue weighted by Gasteiger charge is 2.31. The van der Waals surface area contributed by atoms with Crippen molar-refractivity contribution in [2.24, 2.45) is 0 Å². The van der Waals surface area contributed by atoms with Gasteiger partial charge in [-0.05, 0) is 22.4 Å². The third-order valence-corrected chi connectivity index (χ3v) is 2.58. The minimum Gasteiger partial charge on any atom is -0.480 e. The van der Waals surface area contributed by atoms with E-state index < -0.39 is 12.7 Å². The Labute approximate surface area is 111 Å². The molecule has 1 rings (SSSR count). The molecule has 102 valence electrons. The maximum absolute atomic E-state index is 12.4. The van der Waals surface area contributed by atoms with Crippen LogP contribution in [0.15, 0.2) is 10.7 Å². The zero-order valence-corrected chi connectivity index (χ0v) is 11.5. The highest BCUT2D eigenvalue weighted by atomic mass is 79.9. The predicted octanol–water partition coefficient (Wildman–Crippen LogP) is 3.03. The molecule has 1 aromatic heterocycles. The highest BCUT2D eigenvalue weighted by molar-refractivity contribution is 9.10. The van der Waals surface area contributed by atoms with Gasteiger partial charge in [0.15, 0.2) is 0 Å². The van der Waals surface area contributed by atoms with Gasteiger partial charge in [-0.25, -0.2) is 4.98 Å². The smallest absolute Gasteiger partial charge is 0.406 e. The molecule has 0 aromatic carbocycles. The van der Waals surface area contributed by atoms with Crippen LogP contribution < -0.4 is 9.64 Å². The van der Waals surface area contributed by atoms with Crippen molar-refractivity contribution in [3.05, 3.63) is 10.7 Å². The molecule has 0 amide bonds. The molecule has 0 bridgehead atoms. The minimum absolute atomic E-state index is 0.00854. The third kappa shape index (κ3) is 4.32. The number of hydrogen-bond acceptors (Lipinski definition) is 4. The molecule has 18 heavy (non-hydrogen) atoms. The molecule has 0 unspecified atom stereocenters. The Morgan fingerprint density at radius 1 is 1.44 bits per heavy atom. The number of ether oxygens (including phenoxy) is 1. The van der Waals surface area contributed by atoms with Crippen LogP contribution in [0.1, 0.15) is 13.3 Å². The quantitative estimate of drug-likeness (QED) is 0.833. The molecule has 8 heteroatoms. The summed E-state index contributed by atoms with van der Waals surface area (Å²) in [5, 5.41) is 0. The van der Waals surface area contributed by atoms with Crippen LogP contribution in [0, 0.1) is 0 Å². The lowest BCUT2D eigenvalue weighted by atomic mass is 10.4. The zero-order chi connectivity index (χ0) is 13.8. The second-order valence-corrected chi connectivity index (χ2v) is 4.42. The Balaban J connectivity index is 2.98. The summed E-state index contributed by atoms with van der Waals surface area (Å²) in [5.74, 6) is 0.220. The third-order valence-electron chi connectivity index (χ3n) is 2.04. The molecular formula is C10H13BrF3N3O. The van der Waals surface area contributed by atoms with E-state index in [9.17, 15) is 13.2 Å². The SMILES string of the molecule is CCCN(CC(F)(F)F)c1ncc(Br)c(OC)n1. The number of rotatable bonds is 5. The lowest BCUT2D eigenvalue weighted by Crippen LogP contribution is -2.36. The predicted molar refractivity (Wildman–Crippen MR) is 64.8 cm³/mol. The largest absolute Gasteiger partial charge is 0.480 e. The van der Waals surface area contributed by atoms with Crippen molar-refractivity contribution in [3.63, 3.8) is 0 Å². The lowest BCUT2D eigenvalue weighted by Gasteiger charge is -2.23. The molecule has 1 heterocycles. The van der Waals surface area contributed by atoms with Crippen molar-refractivity contribution < 1.29 is 17.9 Å². The maximum atomic E-state index is 12.4. The summed E-state index contributed by atoms with van der Waals surface area (Å²) in [4.78, 5) is 8.90. The van der Waals surface area contributed by atoms with Gasteiger partial charge in [-0.3, -0.25) is 0 Å². The van der Waals surface area contributed by atoms with Gasteiger partial charge in [0.2, 0.25) is 11.8 Å². The van der Waals surface area contributed by atoms with Crippen LogP contribution in [-0.2, 0) is 0 Å². The maximum Gasteiger partial charge on any atom is 0.406 e. The van der Waals surface area contributed by atoms with Crippen molar-refractivity contribution in [1.29, 1.82) is 0 Å². The van der Waals surface area contributed by atoms with Crippen LogP contribution in [0.3, 0.4) is 0 Å². The van der Waals surface area contributed by atoms with Crippen molar-refractivity contribution >= 4 is 21.9 Å². The van der Waals surface area contributed by atoms with Crippen molar-refractivity contribution in [2.45, 2.75) is 19.5 Å². The molecule has 0 spiro atoms. The van der Waals surface area contributed by atoms with Gasteiger partial charge >= 0.3 is 6.18 Å². The number of halogens is 4. The molecule has 0 N–H and O–H groups in total. The Morgan fingerprint density at radius 3 is 2.61 bits per heavy atom. The summed E-state index contributed by atoms with van der Waals surface area (Å²) in [6.45, 7) is 0.940. The molecular weight excluding hydrogens is 315 g/mol. The van der Waals surface area contributed by atoms with E-state index in [0.717, 1.165) is 4.90 Å². The first-order valence-electron chi connectivity index (χ1n) is 5.25. The Hall–Kier alpha value is -1.05. The summed E-state index contributed by atoms with van der Waals surface area (Å²) in [6.07, 6.45) is -2.35. The van der Waals surface area contributed by atoms with Gasteiger partial charge in [0.05, 0.1) is 17.8 Å². The molecule has 0 fully saturated rings.